The number of nitrogens with zero attached hydrogens (tertiary/aromatic N) is 1. The number of benzene rings is 1. The highest BCUT2D eigenvalue weighted by atomic mass is 19.1. The normalized spacial score (nSPS) is 23.0. The first-order chi connectivity index (χ1) is 10.0. The molecule has 1 N–H and O–H groups in total. The van der Waals surface area contributed by atoms with E-state index < -0.39 is 0 Å². The van der Waals surface area contributed by atoms with Gasteiger partial charge in [0.2, 0.25) is 0 Å². The highest BCUT2D eigenvalue weighted by Crippen LogP contribution is 2.20. The summed E-state index contributed by atoms with van der Waals surface area (Å²) >= 11 is 0. The molecule has 1 fully saturated rings. The molecule has 1 heterocycles. The van der Waals surface area contributed by atoms with Gasteiger partial charge in [-0.15, -0.1) is 0 Å². The van der Waals surface area contributed by atoms with Gasteiger partial charge in [0.25, 0.3) is 5.91 Å². The van der Waals surface area contributed by atoms with Gasteiger partial charge in [-0.25, -0.2) is 4.39 Å². The molecule has 1 saturated heterocycles. The molecule has 21 heavy (non-hydrogen) atoms. The first-order valence-electron chi connectivity index (χ1n) is 7.80. The van der Waals surface area contributed by atoms with E-state index in [0.717, 1.165) is 37.9 Å². The summed E-state index contributed by atoms with van der Waals surface area (Å²) in [5.74, 6) is 1.08. The van der Waals surface area contributed by atoms with Crippen LogP contribution in [0.3, 0.4) is 0 Å². The summed E-state index contributed by atoms with van der Waals surface area (Å²) in [6.07, 6.45) is 2.27. The highest BCUT2D eigenvalue weighted by molar-refractivity contribution is 5.94. The number of carbonyl (C=O) groups is 1. The molecule has 0 bridgehead atoms. The Kier molecular flexibility index (Phi) is 5.74. The van der Waals surface area contributed by atoms with Crippen LogP contribution in [0.2, 0.25) is 0 Å². The molecule has 0 unspecified atom stereocenters. The van der Waals surface area contributed by atoms with Crippen molar-refractivity contribution in [1.29, 1.82) is 0 Å². The minimum Gasteiger partial charge on any atom is -0.352 e. The van der Waals surface area contributed by atoms with Crippen LogP contribution in [-0.4, -0.2) is 37.0 Å². The third-order valence-electron chi connectivity index (χ3n) is 3.99. The zero-order valence-corrected chi connectivity index (χ0v) is 12.9. The van der Waals surface area contributed by atoms with Crippen LogP contribution in [0.25, 0.3) is 0 Å². The van der Waals surface area contributed by atoms with Gasteiger partial charge in [-0.3, -0.25) is 4.79 Å². The topological polar surface area (TPSA) is 32.3 Å². The number of amides is 1. The molecule has 0 spiro atoms. The fourth-order valence-corrected chi connectivity index (χ4v) is 3.18. The van der Waals surface area contributed by atoms with E-state index in [0.29, 0.717) is 12.1 Å². The van der Waals surface area contributed by atoms with Gasteiger partial charge in [0.15, 0.2) is 0 Å². The van der Waals surface area contributed by atoms with Crippen molar-refractivity contribution >= 4 is 5.91 Å². The minimum absolute atomic E-state index is 0.129. The number of likely N-dealkylation sites (tertiary alicyclic amines) is 1. The summed E-state index contributed by atoms with van der Waals surface area (Å²) in [4.78, 5) is 14.4. The van der Waals surface area contributed by atoms with Crippen LogP contribution in [0.5, 0.6) is 0 Å². The zero-order chi connectivity index (χ0) is 15.2. The first-order valence-corrected chi connectivity index (χ1v) is 7.80. The Bertz CT molecular complexity index is 450. The van der Waals surface area contributed by atoms with Crippen molar-refractivity contribution in [2.45, 2.75) is 26.7 Å². The fourth-order valence-electron chi connectivity index (χ4n) is 3.18. The van der Waals surface area contributed by atoms with Crippen LogP contribution in [0.15, 0.2) is 24.3 Å². The van der Waals surface area contributed by atoms with Crippen molar-refractivity contribution in [1.82, 2.24) is 10.2 Å². The molecular formula is C17H25FN2O. The number of hydrogen-bond donors (Lipinski definition) is 1. The van der Waals surface area contributed by atoms with Crippen molar-refractivity contribution in [2.24, 2.45) is 11.8 Å². The van der Waals surface area contributed by atoms with Gasteiger partial charge in [0.05, 0.1) is 0 Å². The Labute approximate surface area is 126 Å². The standard InChI is InChI=1S/C17H25FN2O/c1-13-10-14(2)12-20(11-13)9-3-8-19-17(21)15-4-6-16(18)7-5-15/h4-7,13-14H,3,8-12H2,1-2H3,(H,19,21)/t13-,14+. The Morgan fingerprint density at radius 1 is 1.24 bits per heavy atom. The van der Waals surface area contributed by atoms with Crippen LogP contribution >= 0.6 is 0 Å². The maximum absolute atomic E-state index is 12.8. The van der Waals surface area contributed by atoms with Crippen LogP contribution < -0.4 is 5.32 Å². The van der Waals surface area contributed by atoms with Crippen molar-refractivity contribution in [2.75, 3.05) is 26.2 Å². The van der Waals surface area contributed by atoms with E-state index in [9.17, 15) is 9.18 Å². The number of hydrogen-bond acceptors (Lipinski definition) is 2. The second-order valence-corrected chi connectivity index (χ2v) is 6.32. The number of nitrogens with one attached hydrogen (secondary N) is 1. The van der Waals surface area contributed by atoms with E-state index >= 15 is 0 Å². The lowest BCUT2D eigenvalue weighted by atomic mass is 9.92. The summed E-state index contributed by atoms with van der Waals surface area (Å²) in [5, 5.41) is 2.89. The molecule has 1 aromatic rings. The SMILES string of the molecule is C[C@@H]1C[C@H](C)CN(CCCNC(=O)c2ccc(F)cc2)C1. The maximum Gasteiger partial charge on any atom is 0.251 e. The molecule has 1 aliphatic heterocycles. The Morgan fingerprint density at radius 3 is 2.48 bits per heavy atom. The van der Waals surface area contributed by atoms with Gasteiger partial charge in [-0.2, -0.15) is 0 Å². The molecule has 1 amide bonds. The summed E-state index contributed by atoms with van der Waals surface area (Å²) in [7, 11) is 0. The number of rotatable bonds is 5. The summed E-state index contributed by atoms with van der Waals surface area (Å²) in [5.41, 5.74) is 0.511. The quantitative estimate of drug-likeness (QED) is 0.846. The van der Waals surface area contributed by atoms with E-state index in [1.54, 1.807) is 0 Å². The van der Waals surface area contributed by atoms with Gasteiger partial charge in [0, 0.05) is 25.2 Å². The minimum atomic E-state index is -0.320. The highest BCUT2D eigenvalue weighted by Gasteiger charge is 2.21. The Hall–Kier alpha value is -1.42. The van der Waals surface area contributed by atoms with E-state index in [2.05, 4.69) is 24.1 Å². The molecule has 0 aromatic heterocycles. The third-order valence-corrected chi connectivity index (χ3v) is 3.99. The first kappa shape index (κ1) is 16.0. The summed E-state index contributed by atoms with van der Waals surface area (Å²) in [6.45, 7) is 8.62. The van der Waals surface area contributed by atoms with E-state index in [4.69, 9.17) is 0 Å². The average Bonchev–Trinajstić information content (AvgIpc) is 2.43. The Balaban J connectivity index is 1.67. The lowest BCUT2D eigenvalue weighted by Crippen LogP contribution is -2.40. The smallest absolute Gasteiger partial charge is 0.251 e. The van der Waals surface area contributed by atoms with Crippen LogP contribution in [-0.2, 0) is 0 Å². The van der Waals surface area contributed by atoms with Crippen molar-refractivity contribution in [3.63, 3.8) is 0 Å². The van der Waals surface area contributed by atoms with Gasteiger partial charge in [0.1, 0.15) is 5.82 Å². The lowest BCUT2D eigenvalue weighted by Gasteiger charge is -2.34. The molecule has 3 nitrogen and oxygen atoms in total. The molecule has 2 atom stereocenters. The predicted molar refractivity (Wildman–Crippen MR) is 82.7 cm³/mol. The molecule has 4 heteroatoms. The molecule has 1 aliphatic rings. The van der Waals surface area contributed by atoms with Gasteiger partial charge >= 0.3 is 0 Å². The number of piperidine rings is 1. The molecule has 0 aliphatic carbocycles. The fraction of sp³-hybridized carbons (Fsp3) is 0.588. The number of halogens is 1. The summed E-state index contributed by atoms with van der Waals surface area (Å²) < 4.78 is 12.8. The molecule has 2 rings (SSSR count). The summed E-state index contributed by atoms with van der Waals surface area (Å²) in [6, 6.07) is 5.65. The van der Waals surface area contributed by atoms with E-state index in [-0.39, 0.29) is 11.7 Å². The average molecular weight is 292 g/mol. The number of carbonyl (C=O) groups excluding carboxylic acids is 1. The monoisotopic (exact) mass is 292 g/mol. The molecule has 116 valence electrons. The van der Waals surface area contributed by atoms with Crippen molar-refractivity contribution in [3.05, 3.63) is 35.6 Å². The molecule has 1 aromatic carbocycles. The van der Waals surface area contributed by atoms with Gasteiger partial charge in [-0.05, 0) is 55.5 Å². The second kappa shape index (κ2) is 7.55. The van der Waals surface area contributed by atoms with Crippen LogP contribution in [0, 0.1) is 17.7 Å². The van der Waals surface area contributed by atoms with Crippen molar-refractivity contribution < 1.29 is 9.18 Å². The van der Waals surface area contributed by atoms with Gasteiger partial charge in [-0.1, -0.05) is 13.8 Å². The van der Waals surface area contributed by atoms with E-state index in [1.165, 1.54) is 30.7 Å². The molecule has 0 radical (unpaired) electrons. The largest absolute Gasteiger partial charge is 0.352 e. The van der Waals surface area contributed by atoms with E-state index in [1.807, 2.05) is 0 Å². The Morgan fingerprint density at radius 2 is 1.86 bits per heavy atom. The van der Waals surface area contributed by atoms with Gasteiger partial charge < -0.3 is 10.2 Å². The maximum atomic E-state index is 12.8. The predicted octanol–water partition coefficient (Wildman–Crippen LogP) is 2.92. The zero-order valence-electron chi connectivity index (χ0n) is 12.9. The third kappa shape index (κ3) is 5.12. The van der Waals surface area contributed by atoms with Crippen LogP contribution in [0.4, 0.5) is 4.39 Å². The lowest BCUT2D eigenvalue weighted by molar-refractivity contribution is 0.0947. The van der Waals surface area contributed by atoms with Crippen molar-refractivity contribution in [3.8, 4) is 0 Å². The van der Waals surface area contributed by atoms with Crippen LogP contribution in [0.1, 0.15) is 37.0 Å². The second-order valence-electron chi connectivity index (χ2n) is 6.32. The molecular weight excluding hydrogens is 267 g/mol. The molecule has 0 saturated carbocycles.